The Balaban J connectivity index is 2.51. The van der Waals surface area contributed by atoms with Crippen molar-refractivity contribution in [3.8, 4) is 0 Å². The Morgan fingerprint density at radius 1 is 1.40 bits per heavy atom. The topological polar surface area (TPSA) is 52.1 Å². The molecular formula is C10H13ClN2O2. The quantitative estimate of drug-likeness (QED) is 0.729. The number of hydrogen-bond acceptors (Lipinski definition) is 4. The predicted molar refractivity (Wildman–Crippen MR) is 56.3 cm³/mol. The summed E-state index contributed by atoms with van der Waals surface area (Å²) in [5, 5.41) is 0.320. The van der Waals surface area contributed by atoms with Crippen molar-refractivity contribution in [1.29, 1.82) is 0 Å². The van der Waals surface area contributed by atoms with Gasteiger partial charge in [0.25, 0.3) is 0 Å². The van der Waals surface area contributed by atoms with Gasteiger partial charge in [0.15, 0.2) is 0 Å². The van der Waals surface area contributed by atoms with Gasteiger partial charge in [-0.15, -0.1) is 0 Å². The number of hydrogen-bond donors (Lipinski definition) is 0. The van der Waals surface area contributed by atoms with Crippen LogP contribution in [-0.2, 0) is 16.1 Å². The maximum atomic E-state index is 11.4. The van der Waals surface area contributed by atoms with Crippen LogP contribution in [0.2, 0.25) is 5.15 Å². The maximum Gasteiger partial charge on any atom is 0.311 e. The van der Waals surface area contributed by atoms with Crippen molar-refractivity contribution in [1.82, 2.24) is 9.97 Å². The van der Waals surface area contributed by atoms with Crippen LogP contribution in [0.4, 0.5) is 0 Å². The standard InChI is InChI=1S/C10H13ClN2O2/c1-10(2,3)9(14)15-6-7-4-13-8(11)5-12-7/h4-5H,6H2,1-3H3. The van der Waals surface area contributed by atoms with Gasteiger partial charge in [-0.25, -0.2) is 4.98 Å². The number of ether oxygens (including phenoxy) is 1. The summed E-state index contributed by atoms with van der Waals surface area (Å²) >= 11 is 5.57. The van der Waals surface area contributed by atoms with E-state index in [1.807, 2.05) is 0 Å². The molecule has 0 saturated carbocycles. The minimum Gasteiger partial charge on any atom is -0.459 e. The molecule has 0 bridgehead atoms. The first-order valence-electron chi connectivity index (χ1n) is 4.53. The third kappa shape index (κ3) is 3.83. The van der Waals surface area contributed by atoms with Crippen LogP contribution < -0.4 is 0 Å². The molecule has 15 heavy (non-hydrogen) atoms. The smallest absolute Gasteiger partial charge is 0.311 e. The molecule has 0 aromatic carbocycles. The van der Waals surface area contributed by atoms with Gasteiger partial charge in [0.05, 0.1) is 23.5 Å². The summed E-state index contributed by atoms with van der Waals surface area (Å²) in [4.78, 5) is 19.2. The predicted octanol–water partition coefficient (Wildman–Crippen LogP) is 2.22. The lowest BCUT2D eigenvalue weighted by Crippen LogP contribution is -2.22. The molecule has 82 valence electrons. The summed E-state index contributed by atoms with van der Waals surface area (Å²) in [6, 6.07) is 0. The third-order valence-corrected chi connectivity index (χ3v) is 1.83. The average molecular weight is 229 g/mol. The lowest BCUT2D eigenvalue weighted by molar-refractivity contribution is -0.154. The van der Waals surface area contributed by atoms with Crippen LogP contribution in [0.5, 0.6) is 0 Å². The van der Waals surface area contributed by atoms with Crippen LogP contribution in [0.1, 0.15) is 26.5 Å². The number of esters is 1. The highest BCUT2D eigenvalue weighted by Crippen LogP contribution is 2.16. The van der Waals surface area contributed by atoms with E-state index < -0.39 is 5.41 Å². The van der Waals surface area contributed by atoms with Gasteiger partial charge in [-0.2, -0.15) is 0 Å². The minimum atomic E-state index is -0.500. The average Bonchev–Trinajstić information content (AvgIpc) is 2.15. The van der Waals surface area contributed by atoms with Crippen molar-refractivity contribution in [3.05, 3.63) is 23.2 Å². The highest BCUT2D eigenvalue weighted by atomic mass is 35.5. The monoisotopic (exact) mass is 228 g/mol. The molecule has 0 aliphatic rings. The molecule has 0 atom stereocenters. The van der Waals surface area contributed by atoms with E-state index in [4.69, 9.17) is 16.3 Å². The lowest BCUT2D eigenvalue weighted by Gasteiger charge is -2.16. The SMILES string of the molecule is CC(C)(C)C(=O)OCc1cnc(Cl)cn1. The number of rotatable bonds is 2. The summed E-state index contributed by atoms with van der Waals surface area (Å²) in [5.41, 5.74) is 0.0804. The van der Waals surface area contributed by atoms with Crippen molar-refractivity contribution in [3.63, 3.8) is 0 Å². The summed E-state index contributed by atoms with van der Waals surface area (Å²) in [5.74, 6) is -0.265. The summed E-state index contributed by atoms with van der Waals surface area (Å²) in [6.07, 6.45) is 2.90. The number of carbonyl (C=O) groups is 1. The Labute approximate surface area is 93.6 Å². The molecule has 0 unspecified atom stereocenters. The minimum absolute atomic E-state index is 0.125. The summed E-state index contributed by atoms with van der Waals surface area (Å²) in [6.45, 7) is 5.51. The van der Waals surface area contributed by atoms with Gasteiger partial charge < -0.3 is 4.74 Å². The Kier molecular flexibility index (Phi) is 3.63. The largest absolute Gasteiger partial charge is 0.459 e. The van der Waals surface area contributed by atoms with Crippen LogP contribution in [0, 0.1) is 5.41 Å². The Morgan fingerprint density at radius 3 is 2.53 bits per heavy atom. The molecule has 0 aliphatic carbocycles. The molecule has 1 rings (SSSR count). The number of carbonyl (C=O) groups excluding carboxylic acids is 1. The maximum absolute atomic E-state index is 11.4. The molecule has 0 amide bonds. The second-order valence-electron chi connectivity index (χ2n) is 4.16. The fraction of sp³-hybridized carbons (Fsp3) is 0.500. The van der Waals surface area contributed by atoms with Crippen molar-refractivity contribution in [2.24, 2.45) is 5.41 Å². The summed E-state index contributed by atoms with van der Waals surface area (Å²) < 4.78 is 5.05. The van der Waals surface area contributed by atoms with E-state index in [0.717, 1.165) is 0 Å². The molecule has 0 N–H and O–H groups in total. The second-order valence-corrected chi connectivity index (χ2v) is 4.54. The molecular weight excluding hydrogens is 216 g/mol. The molecule has 5 heteroatoms. The van der Waals surface area contributed by atoms with E-state index in [1.165, 1.54) is 12.4 Å². The molecule has 0 spiro atoms. The molecule has 1 aromatic rings. The number of nitrogens with zero attached hydrogens (tertiary/aromatic N) is 2. The van der Waals surface area contributed by atoms with Gasteiger partial charge >= 0.3 is 5.97 Å². The van der Waals surface area contributed by atoms with Gasteiger partial charge in [0, 0.05) is 0 Å². The van der Waals surface area contributed by atoms with Crippen LogP contribution in [-0.4, -0.2) is 15.9 Å². The first-order valence-corrected chi connectivity index (χ1v) is 4.91. The zero-order valence-corrected chi connectivity index (χ0v) is 9.71. The molecule has 1 heterocycles. The third-order valence-electron chi connectivity index (χ3n) is 1.64. The highest BCUT2D eigenvalue weighted by Gasteiger charge is 2.22. The zero-order valence-electron chi connectivity index (χ0n) is 8.95. The van der Waals surface area contributed by atoms with E-state index in [2.05, 4.69) is 9.97 Å². The van der Waals surface area contributed by atoms with Crippen molar-refractivity contribution in [2.75, 3.05) is 0 Å². The zero-order chi connectivity index (χ0) is 11.5. The van der Waals surface area contributed by atoms with Gasteiger partial charge in [0.1, 0.15) is 11.8 Å². The van der Waals surface area contributed by atoms with Crippen LogP contribution in [0.3, 0.4) is 0 Å². The van der Waals surface area contributed by atoms with E-state index >= 15 is 0 Å². The summed E-state index contributed by atoms with van der Waals surface area (Å²) in [7, 11) is 0. The fourth-order valence-corrected chi connectivity index (χ4v) is 0.867. The molecule has 4 nitrogen and oxygen atoms in total. The van der Waals surface area contributed by atoms with Gasteiger partial charge in [-0.1, -0.05) is 11.6 Å². The van der Waals surface area contributed by atoms with E-state index in [0.29, 0.717) is 10.8 Å². The van der Waals surface area contributed by atoms with E-state index in [1.54, 1.807) is 20.8 Å². The van der Waals surface area contributed by atoms with Crippen LogP contribution in [0.15, 0.2) is 12.4 Å². The first kappa shape index (κ1) is 11.9. The molecule has 0 aliphatic heterocycles. The molecule has 0 radical (unpaired) electrons. The van der Waals surface area contributed by atoms with Crippen LogP contribution in [0.25, 0.3) is 0 Å². The lowest BCUT2D eigenvalue weighted by atomic mass is 9.97. The van der Waals surface area contributed by atoms with Crippen molar-refractivity contribution >= 4 is 17.6 Å². The fourth-order valence-electron chi connectivity index (χ4n) is 0.770. The second kappa shape index (κ2) is 4.57. The van der Waals surface area contributed by atoms with Crippen LogP contribution >= 0.6 is 11.6 Å². The van der Waals surface area contributed by atoms with Gasteiger partial charge in [0.2, 0.25) is 0 Å². The van der Waals surface area contributed by atoms with E-state index in [9.17, 15) is 4.79 Å². The first-order chi connectivity index (χ1) is 6.89. The van der Waals surface area contributed by atoms with Crippen molar-refractivity contribution < 1.29 is 9.53 Å². The van der Waals surface area contributed by atoms with Gasteiger partial charge in [-0.05, 0) is 20.8 Å². The Bertz CT molecular complexity index is 343. The van der Waals surface area contributed by atoms with E-state index in [-0.39, 0.29) is 12.6 Å². The Morgan fingerprint density at radius 2 is 2.07 bits per heavy atom. The molecule has 0 saturated heterocycles. The number of halogens is 1. The number of aromatic nitrogens is 2. The molecule has 0 fully saturated rings. The van der Waals surface area contributed by atoms with Gasteiger partial charge in [-0.3, -0.25) is 9.78 Å². The Hall–Kier alpha value is -1.16. The normalized spacial score (nSPS) is 11.2. The molecule has 1 aromatic heterocycles. The highest BCUT2D eigenvalue weighted by molar-refractivity contribution is 6.29. The van der Waals surface area contributed by atoms with Crippen molar-refractivity contribution in [2.45, 2.75) is 27.4 Å².